The molecule has 4 aliphatic rings. The minimum atomic E-state index is -3.91. The Kier molecular flexibility index (Phi) is 5.67. The molecule has 0 radical (unpaired) electrons. The van der Waals surface area contributed by atoms with Crippen LogP contribution < -0.4 is 0 Å². The number of aliphatic hydroxyl groups excluding tert-OH is 2. The van der Waals surface area contributed by atoms with Gasteiger partial charge in [0.25, 0.3) is 10.1 Å². The lowest BCUT2D eigenvalue weighted by atomic mass is 9.43. The largest absolute Gasteiger partial charge is 0.393 e. The summed E-state index contributed by atoms with van der Waals surface area (Å²) in [6, 6.07) is 0. The molecule has 6 heteroatoms. The minimum absolute atomic E-state index is 0.151. The number of aliphatic hydroxyl groups is 2. The molecule has 0 spiro atoms. The highest BCUT2D eigenvalue weighted by Crippen LogP contribution is 2.68. The molecule has 0 unspecified atom stereocenters. The molecule has 4 aliphatic carbocycles. The van der Waals surface area contributed by atoms with E-state index in [1.54, 1.807) is 0 Å². The molecule has 168 valence electrons. The third-order valence-corrected chi connectivity index (χ3v) is 11.0. The number of fused-ring (bicyclic) bond motifs is 5. The second-order valence-corrected chi connectivity index (χ2v) is 13.1. The molecule has 3 N–H and O–H groups in total. The van der Waals surface area contributed by atoms with Gasteiger partial charge in [0.05, 0.1) is 18.0 Å². The highest BCUT2D eigenvalue weighted by Gasteiger charge is 2.62. The van der Waals surface area contributed by atoms with E-state index in [1.165, 1.54) is 0 Å². The van der Waals surface area contributed by atoms with Gasteiger partial charge in [0.2, 0.25) is 0 Å². The van der Waals surface area contributed by atoms with Gasteiger partial charge in [0, 0.05) is 0 Å². The fourth-order valence-electron chi connectivity index (χ4n) is 8.71. The fourth-order valence-corrected chi connectivity index (χ4v) is 9.38. The number of hydrogen-bond acceptors (Lipinski definition) is 4. The Balaban J connectivity index is 1.55. The Morgan fingerprint density at radius 2 is 1.62 bits per heavy atom. The van der Waals surface area contributed by atoms with Crippen molar-refractivity contribution in [2.24, 2.45) is 46.3 Å². The van der Waals surface area contributed by atoms with Gasteiger partial charge in [0.1, 0.15) is 0 Å². The Morgan fingerprint density at radius 3 is 2.31 bits per heavy atom. The summed E-state index contributed by atoms with van der Waals surface area (Å²) in [7, 11) is -3.91. The van der Waals surface area contributed by atoms with Crippen LogP contribution in [0.2, 0.25) is 0 Å². The van der Waals surface area contributed by atoms with Crippen LogP contribution in [0.15, 0.2) is 0 Å². The summed E-state index contributed by atoms with van der Waals surface area (Å²) in [5.74, 6) is 2.37. The lowest BCUT2D eigenvalue weighted by molar-refractivity contribution is -0.174. The van der Waals surface area contributed by atoms with Crippen LogP contribution in [0.25, 0.3) is 0 Å². The molecule has 29 heavy (non-hydrogen) atoms. The van der Waals surface area contributed by atoms with Gasteiger partial charge in [-0.25, -0.2) is 0 Å². The molecule has 0 aromatic carbocycles. The van der Waals surface area contributed by atoms with Gasteiger partial charge in [-0.3, -0.25) is 4.55 Å². The molecule has 0 aromatic rings. The second kappa shape index (κ2) is 7.46. The standard InChI is InChI=1S/C23H40O5S/c1-14(8-11-29(26,27)28)17-4-5-18-21-19(7-10-23(17,18)3)22(2)9-6-16(24)12-15(22)13-20(21)25/h14-21,24-25H,4-13H2,1-3H3,(H,26,27,28)/t14-,15+,16-,17-,18+,19+,20+,21+,22+,23-/m1/s1. The summed E-state index contributed by atoms with van der Waals surface area (Å²) >= 11 is 0. The third-order valence-electron chi connectivity index (χ3n) is 10.2. The van der Waals surface area contributed by atoms with E-state index in [0.29, 0.717) is 36.0 Å². The average molecular weight is 429 g/mol. The molecule has 4 rings (SSSR count). The predicted octanol–water partition coefficient (Wildman–Crippen LogP) is 3.89. The molecule has 4 fully saturated rings. The summed E-state index contributed by atoms with van der Waals surface area (Å²) in [6.45, 7) is 6.96. The Morgan fingerprint density at radius 1 is 0.966 bits per heavy atom. The molecule has 0 heterocycles. The SMILES string of the molecule is C[C@H](CCS(=O)(=O)O)[C@H]1CC[C@H]2[C@@H]3[C@@H](O)C[C@@H]4C[C@H](O)CC[C@]4(C)[C@H]3CC[C@]12C. The average Bonchev–Trinajstić information content (AvgIpc) is 2.98. The van der Waals surface area contributed by atoms with Crippen molar-refractivity contribution in [1.29, 1.82) is 0 Å². The van der Waals surface area contributed by atoms with E-state index >= 15 is 0 Å². The Labute approximate surface area is 176 Å². The topological polar surface area (TPSA) is 94.8 Å². The number of rotatable bonds is 4. The third kappa shape index (κ3) is 3.70. The maximum Gasteiger partial charge on any atom is 0.264 e. The Bertz CT molecular complexity index is 723. The minimum Gasteiger partial charge on any atom is -0.393 e. The van der Waals surface area contributed by atoms with E-state index in [-0.39, 0.29) is 34.7 Å². The van der Waals surface area contributed by atoms with Gasteiger partial charge in [-0.2, -0.15) is 8.42 Å². The molecular formula is C23H40O5S. The van der Waals surface area contributed by atoms with E-state index in [0.717, 1.165) is 51.4 Å². The zero-order valence-electron chi connectivity index (χ0n) is 18.3. The zero-order chi connectivity index (χ0) is 21.2. The summed E-state index contributed by atoms with van der Waals surface area (Å²) in [5.41, 5.74) is 0.386. The van der Waals surface area contributed by atoms with Crippen molar-refractivity contribution in [3.63, 3.8) is 0 Å². The summed E-state index contributed by atoms with van der Waals surface area (Å²) < 4.78 is 31.7. The molecule has 0 bridgehead atoms. The van der Waals surface area contributed by atoms with Gasteiger partial charge >= 0.3 is 0 Å². The first kappa shape index (κ1) is 22.0. The van der Waals surface area contributed by atoms with Gasteiger partial charge < -0.3 is 10.2 Å². The highest BCUT2D eigenvalue weighted by atomic mass is 32.2. The molecule has 0 aromatic heterocycles. The molecule has 0 saturated heterocycles. The van der Waals surface area contributed by atoms with Gasteiger partial charge in [-0.05, 0) is 104 Å². The van der Waals surface area contributed by atoms with Crippen LogP contribution in [0.1, 0.15) is 78.6 Å². The highest BCUT2D eigenvalue weighted by molar-refractivity contribution is 7.85. The van der Waals surface area contributed by atoms with Gasteiger partial charge in [-0.1, -0.05) is 20.8 Å². The molecular weight excluding hydrogens is 388 g/mol. The first-order valence-corrected chi connectivity index (χ1v) is 13.4. The van der Waals surface area contributed by atoms with Crippen LogP contribution in [-0.4, -0.2) is 41.1 Å². The second-order valence-electron chi connectivity index (χ2n) is 11.5. The van der Waals surface area contributed by atoms with Crippen molar-refractivity contribution in [3.8, 4) is 0 Å². The van der Waals surface area contributed by atoms with Crippen LogP contribution in [-0.2, 0) is 10.1 Å². The normalized spacial score (nSPS) is 51.0. The van der Waals surface area contributed by atoms with Crippen LogP contribution in [0, 0.1) is 46.3 Å². The molecule has 0 amide bonds. The monoisotopic (exact) mass is 428 g/mol. The van der Waals surface area contributed by atoms with Gasteiger partial charge in [0.15, 0.2) is 0 Å². The van der Waals surface area contributed by atoms with Crippen molar-refractivity contribution in [2.45, 2.75) is 90.8 Å². The van der Waals surface area contributed by atoms with E-state index in [2.05, 4.69) is 20.8 Å². The fraction of sp³-hybridized carbons (Fsp3) is 1.00. The first-order valence-electron chi connectivity index (χ1n) is 11.8. The number of hydrogen-bond donors (Lipinski definition) is 3. The van der Waals surface area contributed by atoms with E-state index in [1.807, 2.05) is 0 Å². The summed E-state index contributed by atoms with van der Waals surface area (Å²) in [6.07, 6.45) is 8.18. The summed E-state index contributed by atoms with van der Waals surface area (Å²) in [4.78, 5) is 0. The van der Waals surface area contributed by atoms with Crippen molar-refractivity contribution in [2.75, 3.05) is 5.75 Å². The van der Waals surface area contributed by atoms with Gasteiger partial charge in [-0.15, -0.1) is 0 Å². The quantitative estimate of drug-likeness (QED) is 0.591. The van der Waals surface area contributed by atoms with E-state index in [4.69, 9.17) is 0 Å². The van der Waals surface area contributed by atoms with Crippen LogP contribution in [0.3, 0.4) is 0 Å². The zero-order valence-corrected chi connectivity index (χ0v) is 19.1. The smallest absolute Gasteiger partial charge is 0.264 e. The maximum absolute atomic E-state index is 11.2. The lowest BCUT2D eigenvalue weighted by Gasteiger charge is -2.62. The van der Waals surface area contributed by atoms with Crippen molar-refractivity contribution >= 4 is 10.1 Å². The van der Waals surface area contributed by atoms with Crippen molar-refractivity contribution in [3.05, 3.63) is 0 Å². The van der Waals surface area contributed by atoms with Crippen molar-refractivity contribution in [1.82, 2.24) is 0 Å². The maximum atomic E-state index is 11.2. The predicted molar refractivity (Wildman–Crippen MR) is 113 cm³/mol. The lowest BCUT2D eigenvalue weighted by Crippen LogP contribution is -2.58. The van der Waals surface area contributed by atoms with Crippen molar-refractivity contribution < 1.29 is 23.2 Å². The molecule has 0 aliphatic heterocycles. The molecule has 5 nitrogen and oxygen atoms in total. The summed E-state index contributed by atoms with van der Waals surface area (Å²) in [5, 5.41) is 21.4. The first-order chi connectivity index (χ1) is 13.5. The molecule has 4 saturated carbocycles. The van der Waals surface area contributed by atoms with E-state index in [9.17, 15) is 23.2 Å². The van der Waals surface area contributed by atoms with Crippen LogP contribution in [0.5, 0.6) is 0 Å². The van der Waals surface area contributed by atoms with Crippen LogP contribution in [0.4, 0.5) is 0 Å². The van der Waals surface area contributed by atoms with E-state index < -0.39 is 10.1 Å². The Hall–Kier alpha value is -0.170. The van der Waals surface area contributed by atoms with Crippen LogP contribution >= 0.6 is 0 Å². The molecule has 10 atom stereocenters.